The highest BCUT2D eigenvalue weighted by atomic mass is 16.2. The summed E-state index contributed by atoms with van der Waals surface area (Å²) in [6, 6.07) is 12.5. The zero-order valence-corrected chi connectivity index (χ0v) is 10.1. The van der Waals surface area contributed by atoms with Gasteiger partial charge in [0.1, 0.15) is 6.54 Å². The molecule has 92 valence electrons. The number of carbonyl (C=O) groups excluding carboxylic acids is 1. The summed E-state index contributed by atoms with van der Waals surface area (Å²) in [7, 11) is 0. The molecule has 0 saturated heterocycles. The lowest BCUT2D eigenvalue weighted by atomic mass is 10.3. The molecule has 0 atom stereocenters. The van der Waals surface area contributed by atoms with Crippen molar-refractivity contribution >= 4 is 11.6 Å². The van der Waals surface area contributed by atoms with E-state index in [0.29, 0.717) is 0 Å². The van der Waals surface area contributed by atoms with Crippen LogP contribution in [0.4, 0.5) is 5.69 Å². The van der Waals surface area contributed by atoms with Crippen molar-refractivity contribution in [2.45, 2.75) is 13.5 Å². The molecule has 1 aromatic heterocycles. The van der Waals surface area contributed by atoms with Gasteiger partial charge in [-0.2, -0.15) is 0 Å². The summed E-state index contributed by atoms with van der Waals surface area (Å²) in [5.74, 6) is -0.216. The Balaban J connectivity index is 2.06. The number of para-hydroxylation sites is 1. The van der Waals surface area contributed by atoms with E-state index >= 15 is 0 Å². The minimum atomic E-state index is -0.216. The van der Waals surface area contributed by atoms with Crippen molar-refractivity contribution in [3.63, 3.8) is 0 Å². The van der Waals surface area contributed by atoms with Gasteiger partial charge in [0, 0.05) is 18.0 Å². The third-order valence-corrected chi connectivity index (χ3v) is 2.52. The van der Waals surface area contributed by atoms with E-state index in [1.54, 1.807) is 24.4 Å². The minimum Gasteiger partial charge on any atom is -0.325 e. The molecule has 1 aromatic carbocycles. The standard InChI is InChI=1S/C14H14N2O2/c1-11-7-8-16(14(18)9-11)10-13(17)15-12-5-3-2-4-6-12/h2-9H,10H2,1H3,(H,15,17). The van der Waals surface area contributed by atoms with Crippen LogP contribution in [0.3, 0.4) is 0 Å². The quantitative estimate of drug-likeness (QED) is 0.892. The molecule has 0 aliphatic carbocycles. The van der Waals surface area contributed by atoms with Gasteiger partial charge in [-0.1, -0.05) is 18.2 Å². The van der Waals surface area contributed by atoms with Crippen LogP contribution in [0, 0.1) is 6.92 Å². The molecule has 0 aliphatic heterocycles. The molecule has 2 rings (SSSR count). The summed E-state index contributed by atoms with van der Waals surface area (Å²) in [6.45, 7) is 1.86. The molecule has 0 unspecified atom stereocenters. The van der Waals surface area contributed by atoms with Crippen LogP contribution in [-0.4, -0.2) is 10.5 Å². The molecular formula is C14H14N2O2. The van der Waals surface area contributed by atoms with E-state index in [9.17, 15) is 9.59 Å². The maximum atomic E-state index is 11.7. The van der Waals surface area contributed by atoms with Gasteiger partial charge in [0.2, 0.25) is 5.91 Å². The molecule has 1 heterocycles. The van der Waals surface area contributed by atoms with Crippen molar-refractivity contribution in [2.75, 3.05) is 5.32 Å². The van der Waals surface area contributed by atoms with E-state index < -0.39 is 0 Å². The fourth-order valence-corrected chi connectivity index (χ4v) is 1.61. The van der Waals surface area contributed by atoms with Gasteiger partial charge in [-0.3, -0.25) is 9.59 Å². The van der Waals surface area contributed by atoms with Crippen LogP contribution in [0.1, 0.15) is 5.56 Å². The molecule has 0 fully saturated rings. The Morgan fingerprint density at radius 3 is 2.61 bits per heavy atom. The van der Waals surface area contributed by atoms with Crippen LogP contribution >= 0.6 is 0 Å². The maximum absolute atomic E-state index is 11.7. The first-order valence-corrected chi connectivity index (χ1v) is 5.67. The smallest absolute Gasteiger partial charge is 0.251 e. The van der Waals surface area contributed by atoms with Crippen molar-refractivity contribution in [2.24, 2.45) is 0 Å². The first-order chi connectivity index (χ1) is 8.65. The average Bonchev–Trinajstić information content (AvgIpc) is 2.34. The van der Waals surface area contributed by atoms with Gasteiger partial charge < -0.3 is 9.88 Å². The predicted molar refractivity (Wildman–Crippen MR) is 70.5 cm³/mol. The number of carbonyl (C=O) groups is 1. The number of anilines is 1. The normalized spacial score (nSPS) is 10.1. The second kappa shape index (κ2) is 5.31. The monoisotopic (exact) mass is 242 g/mol. The van der Waals surface area contributed by atoms with Crippen LogP contribution in [0.25, 0.3) is 0 Å². The van der Waals surface area contributed by atoms with E-state index in [2.05, 4.69) is 5.32 Å². The topological polar surface area (TPSA) is 51.1 Å². The molecule has 4 heteroatoms. The van der Waals surface area contributed by atoms with E-state index in [4.69, 9.17) is 0 Å². The Bertz CT molecular complexity index is 603. The maximum Gasteiger partial charge on any atom is 0.251 e. The Morgan fingerprint density at radius 2 is 1.94 bits per heavy atom. The number of hydrogen-bond donors (Lipinski definition) is 1. The fourth-order valence-electron chi connectivity index (χ4n) is 1.61. The zero-order valence-electron chi connectivity index (χ0n) is 10.1. The van der Waals surface area contributed by atoms with Gasteiger partial charge >= 0.3 is 0 Å². The lowest BCUT2D eigenvalue weighted by Crippen LogP contribution is -2.26. The summed E-state index contributed by atoms with van der Waals surface area (Å²) in [6.07, 6.45) is 1.63. The van der Waals surface area contributed by atoms with Crippen molar-refractivity contribution < 1.29 is 4.79 Å². The summed E-state index contributed by atoms with van der Waals surface area (Å²) >= 11 is 0. The van der Waals surface area contributed by atoms with Crippen molar-refractivity contribution in [1.82, 2.24) is 4.57 Å². The Morgan fingerprint density at radius 1 is 1.22 bits per heavy atom. The average molecular weight is 242 g/mol. The van der Waals surface area contributed by atoms with Crippen molar-refractivity contribution in [3.05, 3.63) is 64.6 Å². The summed E-state index contributed by atoms with van der Waals surface area (Å²) in [4.78, 5) is 23.4. The lowest BCUT2D eigenvalue weighted by Gasteiger charge is -2.07. The predicted octanol–water partition coefficient (Wildman–Crippen LogP) is 1.80. The number of nitrogens with zero attached hydrogens (tertiary/aromatic N) is 1. The molecule has 1 amide bonds. The number of rotatable bonds is 3. The molecule has 0 bridgehead atoms. The zero-order chi connectivity index (χ0) is 13.0. The SMILES string of the molecule is Cc1ccn(CC(=O)Nc2ccccc2)c(=O)c1. The Kier molecular flexibility index (Phi) is 3.57. The van der Waals surface area contributed by atoms with Crippen LogP contribution < -0.4 is 10.9 Å². The molecule has 4 nitrogen and oxygen atoms in total. The third kappa shape index (κ3) is 3.07. The van der Waals surface area contributed by atoms with Gasteiger partial charge in [0.15, 0.2) is 0 Å². The van der Waals surface area contributed by atoms with Crippen LogP contribution in [0.5, 0.6) is 0 Å². The summed E-state index contributed by atoms with van der Waals surface area (Å²) in [5.41, 5.74) is 1.44. The highest BCUT2D eigenvalue weighted by molar-refractivity contribution is 5.90. The van der Waals surface area contributed by atoms with Crippen LogP contribution in [-0.2, 0) is 11.3 Å². The van der Waals surface area contributed by atoms with Crippen LogP contribution in [0.2, 0.25) is 0 Å². The largest absolute Gasteiger partial charge is 0.325 e. The summed E-state index contributed by atoms with van der Waals surface area (Å²) in [5, 5.41) is 2.73. The molecule has 0 aliphatic rings. The van der Waals surface area contributed by atoms with E-state index in [-0.39, 0.29) is 18.0 Å². The summed E-state index contributed by atoms with van der Waals surface area (Å²) < 4.78 is 1.38. The van der Waals surface area contributed by atoms with Gasteiger partial charge in [-0.15, -0.1) is 0 Å². The number of pyridine rings is 1. The number of benzene rings is 1. The van der Waals surface area contributed by atoms with E-state index in [1.165, 1.54) is 10.6 Å². The Labute approximate surface area is 105 Å². The first kappa shape index (κ1) is 12.1. The highest BCUT2D eigenvalue weighted by Gasteiger charge is 2.04. The van der Waals surface area contributed by atoms with E-state index in [0.717, 1.165) is 11.3 Å². The fraction of sp³-hybridized carbons (Fsp3) is 0.143. The molecule has 0 radical (unpaired) electrons. The number of aryl methyl sites for hydroxylation is 1. The first-order valence-electron chi connectivity index (χ1n) is 5.67. The van der Waals surface area contributed by atoms with Gasteiger partial charge in [0.05, 0.1) is 0 Å². The minimum absolute atomic E-state index is 0.0218. The second-order valence-electron chi connectivity index (χ2n) is 4.08. The molecule has 0 spiro atoms. The number of nitrogens with one attached hydrogen (secondary N) is 1. The van der Waals surface area contributed by atoms with E-state index in [1.807, 2.05) is 25.1 Å². The second-order valence-corrected chi connectivity index (χ2v) is 4.08. The molecule has 2 aromatic rings. The van der Waals surface area contributed by atoms with Gasteiger partial charge in [0.25, 0.3) is 5.56 Å². The number of aromatic nitrogens is 1. The molecule has 0 saturated carbocycles. The molecule has 1 N–H and O–H groups in total. The lowest BCUT2D eigenvalue weighted by molar-refractivity contribution is -0.116. The number of amides is 1. The van der Waals surface area contributed by atoms with Gasteiger partial charge in [-0.05, 0) is 30.7 Å². The Hall–Kier alpha value is -2.36. The molecular weight excluding hydrogens is 228 g/mol. The number of hydrogen-bond acceptors (Lipinski definition) is 2. The van der Waals surface area contributed by atoms with Crippen LogP contribution in [0.15, 0.2) is 53.5 Å². The van der Waals surface area contributed by atoms with Crippen molar-refractivity contribution in [1.29, 1.82) is 0 Å². The van der Waals surface area contributed by atoms with Crippen molar-refractivity contribution in [3.8, 4) is 0 Å². The highest BCUT2D eigenvalue weighted by Crippen LogP contribution is 2.04. The van der Waals surface area contributed by atoms with Gasteiger partial charge in [-0.25, -0.2) is 0 Å². The third-order valence-electron chi connectivity index (χ3n) is 2.52. The molecule has 18 heavy (non-hydrogen) atoms.